The van der Waals surface area contributed by atoms with E-state index in [-0.39, 0.29) is 5.91 Å². The molecule has 1 aliphatic heterocycles. The number of anilines is 3. The summed E-state index contributed by atoms with van der Waals surface area (Å²) < 4.78 is 1.53. The minimum atomic E-state index is -0.0130. The van der Waals surface area contributed by atoms with Crippen LogP contribution in [0.25, 0.3) is 5.69 Å². The van der Waals surface area contributed by atoms with Crippen LogP contribution >= 0.6 is 0 Å². The molecule has 0 radical (unpaired) electrons. The van der Waals surface area contributed by atoms with E-state index in [1.54, 1.807) is 12.3 Å². The molecule has 4 aromatic rings. The maximum atomic E-state index is 13.1. The summed E-state index contributed by atoms with van der Waals surface area (Å²) in [5, 5.41) is 14.4. The Morgan fingerprint density at radius 2 is 1.85 bits per heavy atom. The first-order valence-corrected chi connectivity index (χ1v) is 10.6. The molecule has 11 heteroatoms. The fourth-order valence-corrected chi connectivity index (χ4v) is 3.73. The Balaban J connectivity index is 1.26. The van der Waals surface area contributed by atoms with Gasteiger partial charge in [0, 0.05) is 44.0 Å². The second-order valence-corrected chi connectivity index (χ2v) is 7.58. The summed E-state index contributed by atoms with van der Waals surface area (Å²) in [5.41, 5.74) is 1.35. The number of benzene rings is 1. The van der Waals surface area contributed by atoms with Gasteiger partial charge in [-0.15, -0.1) is 5.10 Å². The Hall–Kier alpha value is -4.41. The molecule has 1 amide bonds. The van der Waals surface area contributed by atoms with Crippen molar-refractivity contribution in [3.63, 3.8) is 0 Å². The van der Waals surface area contributed by atoms with Gasteiger partial charge >= 0.3 is 0 Å². The molecule has 1 saturated heterocycles. The SMILES string of the molecule is Cc1nc(Nc2ccccn2)cc(N2CCN(C(=O)c3cccc(-n4cnnn4)c3)CC2)n1. The van der Waals surface area contributed by atoms with Crippen molar-refractivity contribution in [3.8, 4) is 5.69 Å². The van der Waals surface area contributed by atoms with Crippen molar-refractivity contribution in [2.75, 3.05) is 36.4 Å². The van der Waals surface area contributed by atoms with Crippen LogP contribution in [0.3, 0.4) is 0 Å². The number of aryl methyl sites for hydroxylation is 1. The van der Waals surface area contributed by atoms with E-state index in [1.165, 1.54) is 11.0 Å². The van der Waals surface area contributed by atoms with Crippen LogP contribution < -0.4 is 10.2 Å². The minimum absolute atomic E-state index is 0.0130. The van der Waals surface area contributed by atoms with E-state index in [0.29, 0.717) is 43.4 Å². The Morgan fingerprint density at radius 1 is 0.970 bits per heavy atom. The van der Waals surface area contributed by atoms with Crippen LogP contribution in [0.15, 0.2) is 61.1 Å². The van der Waals surface area contributed by atoms with E-state index < -0.39 is 0 Å². The van der Waals surface area contributed by atoms with Gasteiger partial charge in [-0.3, -0.25) is 4.79 Å². The molecule has 1 aliphatic rings. The summed E-state index contributed by atoms with van der Waals surface area (Å²) in [4.78, 5) is 30.5. The number of carbonyl (C=O) groups excluding carboxylic acids is 1. The number of amides is 1. The molecule has 166 valence electrons. The summed E-state index contributed by atoms with van der Waals surface area (Å²) in [6.07, 6.45) is 3.23. The van der Waals surface area contributed by atoms with Gasteiger partial charge in [0.25, 0.3) is 5.91 Å². The van der Waals surface area contributed by atoms with Gasteiger partial charge in [-0.25, -0.2) is 19.6 Å². The monoisotopic (exact) mass is 442 g/mol. The zero-order chi connectivity index (χ0) is 22.6. The molecule has 0 bridgehead atoms. The smallest absolute Gasteiger partial charge is 0.254 e. The van der Waals surface area contributed by atoms with Gasteiger partial charge in [-0.2, -0.15) is 0 Å². The average molecular weight is 442 g/mol. The van der Waals surface area contributed by atoms with Crippen LogP contribution in [0.5, 0.6) is 0 Å². The number of pyridine rings is 1. The number of nitrogens with one attached hydrogen (secondary N) is 1. The summed E-state index contributed by atoms with van der Waals surface area (Å²) in [6, 6.07) is 14.9. The molecule has 4 heterocycles. The highest BCUT2D eigenvalue weighted by atomic mass is 16.2. The van der Waals surface area contributed by atoms with Crippen molar-refractivity contribution >= 4 is 23.4 Å². The molecule has 0 spiro atoms. The van der Waals surface area contributed by atoms with Gasteiger partial charge in [0.2, 0.25) is 0 Å². The summed E-state index contributed by atoms with van der Waals surface area (Å²) >= 11 is 0. The minimum Gasteiger partial charge on any atom is -0.353 e. The summed E-state index contributed by atoms with van der Waals surface area (Å²) in [6.45, 7) is 4.42. The number of tetrazole rings is 1. The first-order chi connectivity index (χ1) is 16.2. The van der Waals surface area contributed by atoms with Gasteiger partial charge in [-0.05, 0) is 47.7 Å². The fraction of sp³-hybridized carbons (Fsp3) is 0.227. The fourth-order valence-electron chi connectivity index (χ4n) is 3.73. The van der Waals surface area contributed by atoms with Crippen molar-refractivity contribution in [2.24, 2.45) is 0 Å². The van der Waals surface area contributed by atoms with E-state index in [9.17, 15) is 4.79 Å². The second-order valence-electron chi connectivity index (χ2n) is 7.58. The Bertz CT molecular complexity index is 1240. The lowest BCUT2D eigenvalue weighted by Crippen LogP contribution is -2.49. The number of hydrogen-bond acceptors (Lipinski definition) is 9. The van der Waals surface area contributed by atoms with Crippen LogP contribution in [-0.4, -0.2) is 72.1 Å². The molecule has 3 aromatic heterocycles. The maximum absolute atomic E-state index is 13.1. The third kappa shape index (κ3) is 4.61. The largest absolute Gasteiger partial charge is 0.353 e. The first kappa shape index (κ1) is 20.5. The average Bonchev–Trinajstić information content (AvgIpc) is 3.39. The molecule has 1 aromatic carbocycles. The van der Waals surface area contributed by atoms with E-state index in [1.807, 2.05) is 54.3 Å². The maximum Gasteiger partial charge on any atom is 0.254 e. The Morgan fingerprint density at radius 3 is 2.61 bits per heavy atom. The molecule has 1 fully saturated rings. The molecule has 5 rings (SSSR count). The Kier molecular flexibility index (Phi) is 5.58. The molecule has 0 saturated carbocycles. The van der Waals surface area contributed by atoms with E-state index >= 15 is 0 Å². The Labute approximate surface area is 190 Å². The van der Waals surface area contributed by atoms with Gasteiger partial charge in [-0.1, -0.05) is 12.1 Å². The number of piperazine rings is 1. The molecule has 33 heavy (non-hydrogen) atoms. The van der Waals surface area contributed by atoms with Crippen LogP contribution in [0.4, 0.5) is 17.5 Å². The third-order valence-electron chi connectivity index (χ3n) is 5.34. The van der Waals surface area contributed by atoms with Gasteiger partial charge in [0.1, 0.15) is 29.6 Å². The number of nitrogens with zero attached hydrogens (tertiary/aromatic N) is 9. The number of carbonyl (C=O) groups is 1. The molecule has 1 N–H and O–H groups in total. The highest BCUT2D eigenvalue weighted by Gasteiger charge is 2.24. The lowest BCUT2D eigenvalue weighted by Gasteiger charge is -2.35. The molecular weight excluding hydrogens is 420 g/mol. The van der Waals surface area contributed by atoms with Crippen LogP contribution in [0.1, 0.15) is 16.2 Å². The van der Waals surface area contributed by atoms with Crippen LogP contribution in [0, 0.1) is 6.92 Å². The van der Waals surface area contributed by atoms with E-state index in [0.717, 1.165) is 17.3 Å². The molecular formula is C22H22N10O. The predicted octanol–water partition coefficient (Wildman–Crippen LogP) is 1.86. The van der Waals surface area contributed by atoms with Gasteiger partial charge in [0.15, 0.2) is 0 Å². The van der Waals surface area contributed by atoms with Crippen LogP contribution in [0.2, 0.25) is 0 Å². The number of hydrogen-bond donors (Lipinski definition) is 1. The quantitative estimate of drug-likeness (QED) is 0.494. The van der Waals surface area contributed by atoms with Crippen LogP contribution in [-0.2, 0) is 0 Å². The molecule has 0 atom stereocenters. The van der Waals surface area contributed by atoms with Crippen molar-refractivity contribution in [3.05, 3.63) is 72.4 Å². The standard InChI is InChI=1S/C22H22N10O/c1-16-25-20(27-19-7-2-3-8-23-19)14-21(26-16)30-9-11-31(12-10-30)22(33)17-5-4-6-18(13-17)32-15-24-28-29-32/h2-8,13-15H,9-12H2,1H3,(H,23,25,26,27). The third-order valence-corrected chi connectivity index (χ3v) is 5.34. The summed E-state index contributed by atoms with van der Waals surface area (Å²) in [7, 11) is 0. The van der Waals surface area contributed by atoms with Crippen molar-refractivity contribution in [1.82, 2.24) is 40.1 Å². The van der Waals surface area contributed by atoms with E-state index in [4.69, 9.17) is 0 Å². The zero-order valence-corrected chi connectivity index (χ0v) is 18.0. The number of rotatable bonds is 5. The normalized spacial score (nSPS) is 13.7. The van der Waals surface area contributed by atoms with Gasteiger partial charge in [0.05, 0.1) is 5.69 Å². The van der Waals surface area contributed by atoms with Crippen molar-refractivity contribution < 1.29 is 4.79 Å². The second kappa shape index (κ2) is 8.99. The predicted molar refractivity (Wildman–Crippen MR) is 122 cm³/mol. The highest BCUT2D eigenvalue weighted by Crippen LogP contribution is 2.21. The van der Waals surface area contributed by atoms with Gasteiger partial charge < -0.3 is 15.1 Å². The first-order valence-electron chi connectivity index (χ1n) is 10.6. The van der Waals surface area contributed by atoms with Crippen molar-refractivity contribution in [2.45, 2.75) is 6.92 Å². The zero-order valence-electron chi connectivity index (χ0n) is 18.0. The van der Waals surface area contributed by atoms with Crippen molar-refractivity contribution in [1.29, 1.82) is 0 Å². The topological polar surface area (TPSA) is 118 Å². The lowest BCUT2D eigenvalue weighted by molar-refractivity contribution is 0.0746. The van der Waals surface area contributed by atoms with E-state index in [2.05, 4.69) is 40.7 Å². The molecule has 0 aliphatic carbocycles. The highest BCUT2D eigenvalue weighted by molar-refractivity contribution is 5.95. The lowest BCUT2D eigenvalue weighted by atomic mass is 10.1. The molecule has 11 nitrogen and oxygen atoms in total. The summed E-state index contributed by atoms with van der Waals surface area (Å²) in [5.74, 6) is 2.90. The number of aromatic nitrogens is 7. The molecule has 0 unspecified atom stereocenters.